The van der Waals surface area contributed by atoms with Gasteiger partial charge in [0, 0.05) is 38.2 Å². The number of rotatable bonds is 6. The van der Waals surface area contributed by atoms with Crippen molar-refractivity contribution in [3.8, 4) is 0 Å². The van der Waals surface area contributed by atoms with E-state index in [9.17, 15) is 4.79 Å². The van der Waals surface area contributed by atoms with E-state index in [0.717, 1.165) is 69.0 Å². The molecule has 0 aliphatic carbocycles. The number of carbonyl (C=O) groups is 1. The van der Waals surface area contributed by atoms with E-state index >= 15 is 0 Å². The predicted octanol–water partition coefficient (Wildman–Crippen LogP) is 2.36. The standard InChI is InChI=1S/C19H30N4O2/c1-4-10-25-14-6-5-9-23(12-14)18-15-7-8-20-19(24)17(15)21-16(22-18)11-13(2)3/h13-14H,4-12H2,1-3H3,(H,20,24). The van der Waals surface area contributed by atoms with E-state index in [0.29, 0.717) is 18.2 Å². The number of nitrogens with one attached hydrogen (secondary N) is 1. The molecule has 0 radical (unpaired) electrons. The minimum absolute atomic E-state index is 0.0642. The van der Waals surface area contributed by atoms with Crippen molar-refractivity contribution in [2.24, 2.45) is 5.92 Å². The Kier molecular flexibility index (Phi) is 5.89. The molecule has 1 atom stereocenters. The van der Waals surface area contributed by atoms with Crippen molar-refractivity contribution in [3.05, 3.63) is 17.1 Å². The van der Waals surface area contributed by atoms with Crippen LogP contribution in [0.3, 0.4) is 0 Å². The lowest BCUT2D eigenvalue weighted by Gasteiger charge is -2.35. The molecule has 0 aromatic carbocycles. The normalized spacial score (nSPS) is 20.6. The Hall–Kier alpha value is -1.69. The number of carbonyl (C=O) groups excluding carboxylic acids is 1. The molecule has 1 saturated heterocycles. The molecule has 1 amide bonds. The minimum Gasteiger partial charge on any atom is -0.376 e. The predicted molar refractivity (Wildman–Crippen MR) is 98.1 cm³/mol. The molecule has 3 rings (SSSR count). The number of ether oxygens (including phenoxy) is 1. The fraction of sp³-hybridized carbons (Fsp3) is 0.737. The molecule has 1 unspecified atom stereocenters. The van der Waals surface area contributed by atoms with Crippen molar-refractivity contribution >= 4 is 11.7 Å². The van der Waals surface area contributed by atoms with Gasteiger partial charge in [0.05, 0.1) is 6.10 Å². The zero-order valence-electron chi connectivity index (χ0n) is 15.7. The van der Waals surface area contributed by atoms with E-state index in [1.54, 1.807) is 0 Å². The van der Waals surface area contributed by atoms with Gasteiger partial charge in [-0.2, -0.15) is 0 Å². The summed E-state index contributed by atoms with van der Waals surface area (Å²) in [6.45, 7) is 9.73. The molecule has 2 aliphatic heterocycles. The lowest BCUT2D eigenvalue weighted by atomic mass is 10.0. The van der Waals surface area contributed by atoms with Gasteiger partial charge in [0.1, 0.15) is 17.3 Å². The molecular formula is C19H30N4O2. The summed E-state index contributed by atoms with van der Waals surface area (Å²) in [7, 11) is 0. The van der Waals surface area contributed by atoms with Gasteiger partial charge in [-0.15, -0.1) is 0 Å². The Morgan fingerprint density at radius 2 is 2.20 bits per heavy atom. The number of hydrogen-bond donors (Lipinski definition) is 1. The van der Waals surface area contributed by atoms with Crippen molar-refractivity contribution in [2.45, 2.75) is 59.0 Å². The molecule has 0 bridgehead atoms. The molecule has 0 saturated carbocycles. The van der Waals surface area contributed by atoms with Crippen LogP contribution in [0.25, 0.3) is 0 Å². The van der Waals surface area contributed by atoms with Crippen LogP contribution in [-0.2, 0) is 17.6 Å². The van der Waals surface area contributed by atoms with Crippen LogP contribution in [0.5, 0.6) is 0 Å². The highest BCUT2D eigenvalue weighted by molar-refractivity contribution is 5.96. The number of hydrogen-bond acceptors (Lipinski definition) is 5. The van der Waals surface area contributed by atoms with Gasteiger partial charge >= 0.3 is 0 Å². The van der Waals surface area contributed by atoms with Crippen LogP contribution in [0.15, 0.2) is 0 Å². The molecule has 0 spiro atoms. The maximum atomic E-state index is 12.3. The lowest BCUT2D eigenvalue weighted by molar-refractivity contribution is 0.0438. The maximum absolute atomic E-state index is 12.3. The Morgan fingerprint density at radius 3 is 2.96 bits per heavy atom. The van der Waals surface area contributed by atoms with Crippen molar-refractivity contribution in [3.63, 3.8) is 0 Å². The second kappa shape index (κ2) is 8.13. The second-order valence-corrected chi connectivity index (χ2v) is 7.48. The van der Waals surface area contributed by atoms with Crippen LogP contribution in [0.1, 0.15) is 61.9 Å². The highest BCUT2D eigenvalue weighted by Gasteiger charge is 2.29. The first kappa shape index (κ1) is 18.1. The lowest BCUT2D eigenvalue weighted by Crippen LogP contribution is -2.42. The monoisotopic (exact) mass is 346 g/mol. The summed E-state index contributed by atoms with van der Waals surface area (Å²) in [5.74, 6) is 2.13. The van der Waals surface area contributed by atoms with E-state index in [-0.39, 0.29) is 12.0 Å². The first-order valence-corrected chi connectivity index (χ1v) is 9.63. The van der Waals surface area contributed by atoms with E-state index in [1.807, 2.05) is 0 Å². The molecular weight excluding hydrogens is 316 g/mol. The van der Waals surface area contributed by atoms with Gasteiger partial charge in [-0.3, -0.25) is 4.79 Å². The fourth-order valence-corrected chi connectivity index (χ4v) is 3.59. The zero-order chi connectivity index (χ0) is 17.8. The number of anilines is 1. The largest absolute Gasteiger partial charge is 0.376 e. The van der Waals surface area contributed by atoms with E-state index in [1.165, 1.54) is 0 Å². The third-order valence-corrected chi connectivity index (χ3v) is 4.73. The Balaban J connectivity index is 1.90. The van der Waals surface area contributed by atoms with Crippen LogP contribution in [0.2, 0.25) is 0 Å². The molecule has 1 N–H and O–H groups in total. The van der Waals surface area contributed by atoms with Gasteiger partial charge in [0.15, 0.2) is 0 Å². The van der Waals surface area contributed by atoms with Crippen molar-refractivity contribution in [1.29, 1.82) is 0 Å². The minimum atomic E-state index is -0.0642. The molecule has 6 heteroatoms. The first-order valence-electron chi connectivity index (χ1n) is 9.63. The number of fused-ring (bicyclic) bond motifs is 1. The third kappa shape index (κ3) is 4.29. The summed E-state index contributed by atoms with van der Waals surface area (Å²) < 4.78 is 5.98. The van der Waals surface area contributed by atoms with Crippen LogP contribution in [-0.4, -0.2) is 48.2 Å². The zero-order valence-corrected chi connectivity index (χ0v) is 15.7. The van der Waals surface area contributed by atoms with Gasteiger partial charge in [0.25, 0.3) is 5.91 Å². The van der Waals surface area contributed by atoms with Gasteiger partial charge in [-0.25, -0.2) is 9.97 Å². The van der Waals surface area contributed by atoms with Gasteiger partial charge in [0.2, 0.25) is 0 Å². The molecule has 3 heterocycles. The van der Waals surface area contributed by atoms with E-state index in [4.69, 9.17) is 9.72 Å². The van der Waals surface area contributed by atoms with Crippen LogP contribution in [0.4, 0.5) is 5.82 Å². The molecule has 138 valence electrons. The van der Waals surface area contributed by atoms with Crippen LogP contribution < -0.4 is 10.2 Å². The average Bonchev–Trinajstić information content (AvgIpc) is 2.60. The van der Waals surface area contributed by atoms with Crippen molar-refractivity contribution in [1.82, 2.24) is 15.3 Å². The highest BCUT2D eigenvalue weighted by Crippen LogP contribution is 2.28. The number of aromatic nitrogens is 2. The Bertz CT molecular complexity index is 618. The molecule has 1 fully saturated rings. The SMILES string of the molecule is CCCOC1CCCN(c2nc(CC(C)C)nc3c2CCNC3=O)C1. The molecule has 1 aromatic rings. The third-order valence-electron chi connectivity index (χ3n) is 4.73. The van der Waals surface area contributed by atoms with Gasteiger partial charge < -0.3 is 15.0 Å². The number of amides is 1. The Morgan fingerprint density at radius 1 is 1.36 bits per heavy atom. The summed E-state index contributed by atoms with van der Waals surface area (Å²) in [6.07, 6.45) is 5.08. The summed E-state index contributed by atoms with van der Waals surface area (Å²) in [4.78, 5) is 24.1. The maximum Gasteiger partial charge on any atom is 0.270 e. The smallest absolute Gasteiger partial charge is 0.270 e. The van der Waals surface area contributed by atoms with E-state index < -0.39 is 0 Å². The molecule has 2 aliphatic rings. The van der Waals surface area contributed by atoms with Crippen molar-refractivity contribution in [2.75, 3.05) is 31.1 Å². The van der Waals surface area contributed by atoms with Gasteiger partial charge in [-0.05, 0) is 31.6 Å². The Labute approximate surface area is 150 Å². The fourth-order valence-electron chi connectivity index (χ4n) is 3.59. The van der Waals surface area contributed by atoms with Crippen molar-refractivity contribution < 1.29 is 9.53 Å². The van der Waals surface area contributed by atoms with Crippen LogP contribution in [0, 0.1) is 5.92 Å². The molecule has 1 aromatic heterocycles. The average molecular weight is 346 g/mol. The number of piperidine rings is 1. The second-order valence-electron chi connectivity index (χ2n) is 7.48. The highest BCUT2D eigenvalue weighted by atomic mass is 16.5. The first-order chi connectivity index (χ1) is 12.1. The number of nitrogens with zero attached hydrogens (tertiary/aromatic N) is 3. The topological polar surface area (TPSA) is 67.3 Å². The molecule has 6 nitrogen and oxygen atoms in total. The van der Waals surface area contributed by atoms with Crippen LogP contribution >= 0.6 is 0 Å². The van der Waals surface area contributed by atoms with E-state index in [2.05, 4.69) is 36.0 Å². The summed E-state index contributed by atoms with van der Waals surface area (Å²) in [5.41, 5.74) is 1.58. The molecule has 25 heavy (non-hydrogen) atoms. The summed E-state index contributed by atoms with van der Waals surface area (Å²) >= 11 is 0. The van der Waals surface area contributed by atoms with Gasteiger partial charge in [-0.1, -0.05) is 20.8 Å². The quantitative estimate of drug-likeness (QED) is 0.856. The summed E-state index contributed by atoms with van der Waals surface area (Å²) in [6, 6.07) is 0. The summed E-state index contributed by atoms with van der Waals surface area (Å²) in [5, 5.41) is 2.91.